The summed E-state index contributed by atoms with van der Waals surface area (Å²) in [6.45, 7) is 0.411. The van der Waals surface area contributed by atoms with Crippen LogP contribution in [0.15, 0.2) is 47.4 Å². The van der Waals surface area contributed by atoms with Crippen LogP contribution in [-0.2, 0) is 11.4 Å². The summed E-state index contributed by atoms with van der Waals surface area (Å²) in [5, 5.41) is 0.339. The first-order valence-electron chi connectivity index (χ1n) is 7.83. The van der Waals surface area contributed by atoms with Crippen LogP contribution in [0.4, 0.5) is 4.79 Å². The van der Waals surface area contributed by atoms with Crippen LogP contribution in [0.25, 0.3) is 6.08 Å². The van der Waals surface area contributed by atoms with E-state index in [-0.39, 0.29) is 17.7 Å². The monoisotopic (exact) mass is 509 g/mol. The molecule has 0 spiro atoms. The molecule has 0 N–H and O–H groups in total. The molecule has 0 saturated carbocycles. The van der Waals surface area contributed by atoms with Gasteiger partial charge in [0.1, 0.15) is 12.4 Å². The zero-order valence-electron chi connectivity index (χ0n) is 13.9. The van der Waals surface area contributed by atoms with Crippen LogP contribution in [0.2, 0.25) is 5.02 Å². The van der Waals surface area contributed by atoms with Crippen LogP contribution in [-0.4, -0.2) is 22.6 Å². The molecule has 3 rings (SSSR count). The van der Waals surface area contributed by atoms with Crippen molar-refractivity contribution in [3.8, 4) is 18.1 Å². The summed E-state index contributed by atoms with van der Waals surface area (Å²) in [6, 6.07) is 13.0. The first-order chi connectivity index (χ1) is 13.0. The second-order valence-electron chi connectivity index (χ2n) is 5.58. The predicted octanol–water partition coefficient (Wildman–Crippen LogP) is 5.19. The molecule has 7 heteroatoms. The Balaban J connectivity index is 1.71. The summed E-state index contributed by atoms with van der Waals surface area (Å²) in [7, 11) is 0. The van der Waals surface area contributed by atoms with Gasteiger partial charge < -0.3 is 4.74 Å². The lowest BCUT2D eigenvalue weighted by Crippen LogP contribution is -2.28. The number of hydrogen-bond acceptors (Lipinski definition) is 4. The van der Waals surface area contributed by atoms with Gasteiger partial charge in [-0.1, -0.05) is 35.7 Å². The molecule has 2 amide bonds. The molecule has 0 unspecified atom stereocenters. The first kappa shape index (κ1) is 19.8. The fourth-order valence-corrected chi connectivity index (χ4v) is 4.00. The Labute approximate surface area is 180 Å². The molecular formula is C20H13ClINO3S. The fraction of sp³-hybridized carbons (Fsp3) is 0.100. The number of imide groups is 1. The lowest BCUT2D eigenvalue weighted by Gasteiger charge is -2.09. The van der Waals surface area contributed by atoms with E-state index in [1.54, 1.807) is 6.08 Å². The maximum atomic E-state index is 12.2. The van der Waals surface area contributed by atoms with Crippen LogP contribution in [0.5, 0.6) is 5.75 Å². The molecule has 1 fully saturated rings. The van der Waals surface area contributed by atoms with Crippen molar-refractivity contribution in [2.45, 2.75) is 6.61 Å². The van der Waals surface area contributed by atoms with Crippen molar-refractivity contribution in [1.29, 1.82) is 0 Å². The minimum absolute atomic E-state index is 0.0168. The molecule has 0 radical (unpaired) electrons. The number of benzene rings is 2. The second kappa shape index (κ2) is 8.83. The third-order valence-corrected chi connectivity index (χ3v) is 5.69. The first-order valence-corrected chi connectivity index (χ1v) is 10.1. The Morgan fingerprint density at radius 1 is 1.22 bits per heavy atom. The van der Waals surface area contributed by atoms with Crippen LogP contribution in [0.3, 0.4) is 0 Å². The molecule has 1 aliphatic heterocycles. The van der Waals surface area contributed by atoms with Crippen LogP contribution in [0.1, 0.15) is 11.1 Å². The van der Waals surface area contributed by atoms with Gasteiger partial charge in [0.25, 0.3) is 11.1 Å². The van der Waals surface area contributed by atoms with Gasteiger partial charge in [0.15, 0.2) is 0 Å². The van der Waals surface area contributed by atoms with Crippen molar-refractivity contribution < 1.29 is 14.3 Å². The summed E-state index contributed by atoms with van der Waals surface area (Å²) < 4.78 is 6.75. The number of carbonyl (C=O) groups excluding carboxylic acids is 2. The van der Waals surface area contributed by atoms with Crippen LogP contribution in [0, 0.1) is 15.9 Å². The minimum Gasteiger partial charge on any atom is -0.488 e. The van der Waals surface area contributed by atoms with E-state index in [2.05, 4.69) is 28.5 Å². The number of hydrogen-bond donors (Lipinski definition) is 0. The van der Waals surface area contributed by atoms with E-state index >= 15 is 0 Å². The molecule has 1 saturated heterocycles. The molecule has 0 atom stereocenters. The standard InChI is InChI=1S/C20H13ClINO3S/c1-2-9-23-19(24)18(27-20(23)25)11-14-5-8-17(16(22)10-14)26-12-13-3-6-15(21)7-4-13/h1,3-8,10-11H,9,12H2/b18-11+. The quantitative estimate of drug-likeness (QED) is 0.316. The van der Waals surface area contributed by atoms with E-state index in [4.69, 9.17) is 22.8 Å². The van der Waals surface area contributed by atoms with Crippen molar-refractivity contribution in [2.24, 2.45) is 0 Å². The van der Waals surface area contributed by atoms with Gasteiger partial charge in [-0.05, 0) is 75.8 Å². The molecule has 2 aromatic carbocycles. The highest BCUT2D eigenvalue weighted by Gasteiger charge is 2.34. The van der Waals surface area contributed by atoms with E-state index in [9.17, 15) is 9.59 Å². The fourth-order valence-electron chi connectivity index (χ4n) is 2.34. The molecule has 27 heavy (non-hydrogen) atoms. The SMILES string of the molecule is C#CCN1C(=O)S/C(=C/c2ccc(OCc3ccc(Cl)cc3)c(I)c2)C1=O. The lowest BCUT2D eigenvalue weighted by molar-refractivity contribution is -0.122. The van der Waals surface area contributed by atoms with Gasteiger partial charge in [-0.3, -0.25) is 14.5 Å². The average molecular weight is 510 g/mol. The molecule has 4 nitrogen and oxygen atoms in total. The minimum atomic E-state index is -0.360. The van der Waals surface area contributed by atoms with Gasteiger partial charge in [-0.2, -0.15) is 0 Å². The number of carbonyl (C=O) groups is 2. The van der Waals surface area contributed by atoms with Crippen molar-refractivity contribution in [1.82, 2.24) is 4.90 Å². The Hall–Kier alpha value is -1.95. The van der Waals surface area contributed by atoms with Crippen molar-refractivity contribution >= 4 is 63.2 Å². The molecule has 136 valence electrons. The van der Waals surface area contributed by atoms with Crippen LogP contribution < -0.4 is 4.74 Å². The predicted molar refractivity (Wildman–Crippen MR) is 116 cm³/mol. The van der Waals surface area contributed by atoms with Crippen molar-refractivity contribution in [3.05, 3.63) is 67.1 Å². The molecule has 1 heterocycles. The van der Waals surface area contributed by atoms with Crippen molar-refractivity contribution in [3.63, 3.8) is 0 Å². The highest BCUT2D eigenvalue weighted by Crippen LogP contribution is 2.33. The second-order valence-corrected chi connectivity index (χ2v) is 8.17. The third kappa shape index (κ3) is 4.86. The molecular weight excluding hydrogens is 497 g/mol. The molecule has 2 aromatic rings. The summed E-state index contributed by atoms with van der Waals surface area (Å²) in [4.78, 5) is 25.5. The van der Waals surface area contributed by atoms with Gasteiger partial charge >= 0.3 is 0 Å². The third-order valence-electron chi connectivity index (χ3n) is 3.68. The van der Waals surface area contributed by atoms with E-state index in [1.807, 2.05) is 42.5 Å². The Morgan fingerprint density at radius 2 is 1.96 bits per heavy atom. The molecule has 0 aliphatic carbocycles. The largest absolute Gasteiger partial charge is 0.488 e. The van der Waals surface area contributed by atoms with Gasteiger partial charge in [0.2, 0.25) is 0 Å². The summed E-state index contributed by atoms with van der Waals surface area (Å²) >= 11 is 8.95. The Bertz CT molecular complexity index is 966. The summed E-state index contributed by atoms with van der Waals surface area (Å²) in [5.74, 6) is 2.70. The van der Waals surface area contributed by atoms with Crippen molar-refractivity contribution in [2.75, 3.05) is 6.54 Å². The molecule has 0 aromatic heterocycles. The average Bonchev–Trinajstić information content (AvgIpc) is 2.90. The number of thioether (sulfide) groups is 1. The van der Waals surface area contributed by atoms with E-state index in [0.717, 1.165) is 37.1 Å². The zero-order chi connectivity index (χ0) is 19.4. The normalized spacial score (nSPS) is 15.3. The molecule has 1 aliphatic rings. The molecule has 0 bridgehead atoms. The lowest BCUT2D eigenvalue weighted by atomic mass is 10.2. The zero-order valence-corrected chi connectivity index (χ0v) is 17.7. The highest BCUT2D eigenvalue weighted by atomic mass is 127. The number of amides is 2. The highest BCUT2D eigenvalue weighted by molar-refractivity contribution is 14.1. The van der Waals surface area contributed by atoms with Gasteiger partial charge in [-0.25, -0.2) is 0 Å². The van der Waals surface area contributed by atoms with E-state index in [0.29, 0.717) is 16.5 Å². The topological polar surface area (TPSA) is 46.6 Å². The van der Waals surface area contributed by atoms with E-state index < -0.39 is 0 Å². The Kier molecular flexibility index (Phi) is 6.47. The smallest absolute Gasteiger partial charge is 0.294 e. The van der Waals surface area contributed by atoms with Crippen LogP contribution >= 0.6 is 46.0 Å². The van der Waals surface area contributed by atoms with Gasteiger partial charge in [-0.15, -0.1) is 6.42 Å². The van der Waals surface area contributed by atoms with Gasteiger partial charge in [0, 0.05) is 5.02 Å². The van der Waals surface area contributed by atoms with Gasteiger partial charge in [0.05, 0.1) is 15.0 Å². The summed E-state index contributed by atoms with van der Waals surface area (Å²) in [5.41, 5.74) is 1.82. The maximum absolute atomic E-state index is 12.2. The number of terminal acetylenes is 1. The van der Waals surface area contributed by atoms with E-state index in [1.165, 1.54) is 0 Å². The summed E-state index contributed by atoms with van der Waals surface area (Å²) in [6.07, 6.45) is 6.89. The Morgan fingerprint density at radius 3 is 2.63 bits per heavy atom. The number of nitrogens with zero attached hydrogens (tertiary/aromatic N) is 1. The number of halogens is 2. The number of ether oxygens (including phenoxy) is 1. The number of rotatable bonds is 5. The maximum Gasteiger partial charge on any atom is 0.294 e.